The molecular formula is C20H20I6N4O6. The minimum Gasteiger partial charge on any atom is -0.478 e. The van der Waals surface area contributed by atoms with Gasteiger partial charge in [0, 0.05) is 36.0 Å². The van der Waals surface area contributed by atoms with E-state index < -0.39 is 24.3 Å². The molecule has 0 aromatic heterocycles. The van der Waals surface area contributed by atoms with Crippen LogP contribution in [0.3, 0.4) is 0 Å². The minimum absolute atomic E-state index is 0.0372. The zero-order chi connectivity index (χ0) is 28.3. The zero-order valence-corrected chi connectivity index (χ0v) is 31.5. The van der Waals surface area contributed by atoms with Gasteiger partial charge in [0.05, 0.1) is 33.5 Å². The second-order valence-corrected chi connectivity index (χ2v) is 12.7. The molecule has 0 aliphatic carbocycles. The summed E-state index contributed by atoms with van der Waals surface area (Å²) >= 11 is 11.7. The first-order chi connectivity index (χ1) is 16.8. The lowest BCUT2D eigenvalue weighted by molar-refractivity contribution is -0.109. The van der Waals surface area contributed by atoms with Crippen molar-refractivity contribution in [3.05, 3.63) is 49.7 Å². The van der Waals surface area contributed by atoms with E-state index in [0.717, 1.165) is 3.57 Å². The first kappa shape index (κ1) is 36.6. The Bertz CT molecular complexity index is 1160. The number of hydrogen-bond donors (Lipinski definition) is 6. The van der Waals surface area contributed by atoms with Crippen molar-refractivity contribution in [3.63, 3.8) is 0 Å². The number of nitrogen functional groups attached to an aromatic ring is 1. The standard InChI is InChI=1S/C17H10I6N2O5.C2H5NO.CH5N/c18-5-1-6(19)15(24)14(23)8(5)16(28)25-2-7(27)9-11(20)4(3-26)12(21)10(13(9)22)17(29)30;1-3-2-4;1-2/h1,26H,2-3,24H2,(H,25,28)(H,29,30);2H,1H3,(H,3,4);2H2,1H3. The monoisotopic (exact) mass is 1170 g/mol. The molecule has 0 aliphatic heterocycles. The summed E-state index contributed by atoms with van der Waals surface area (Å²) in [6.45, 7) is -0.730. The third-order valence-corrected chi connectivity index (χ3v) is 10.3. The number of aromatic carboxylic acids is 1. The molecule has 8 N–H and O–H groups in total. The Labute approximate surface area is 289 Å². The van der Waals surface area contributed by atoms with Gasteiger partial charge in [-0.3, -0.25) is 14.4 Å². The number of Topliss-reactive ketones (excluding diaryl/α,β-unsaturated/α-hetero) is 1. The highest BCUT2D eigenvalue weighted by Crippen LogP contribution is 2.33. The summed E-state index contributed by atoms with van der Waals surface area (Å²) < 4.78 is 3.26. The van der Waals surface area contributed by atoms with E-state index in [1.807, 2.05) is 113 Å². The van der Waals surface area contributed by atoms with E-state index in [1.165, 1.54) is 7.05 Å². The maximum atomic E-state index is 12.9. The van der Waals surface area contributed by atoms with E-state index in [-0.39, 0.29) is 21.2 Å². The third-order valence-electron chi connectivity index (χ3n) is 4.02. The van der Waals surface area contributed by atoms with Crippen molar-refractivity contribution >= 4 is 165 Å². The van der Waals surface area contributed by atoms with Gasteiger partial charge in [0.2, 0.25) is 6.41 Å². The number of carbonyl (C=O) groups excluding carboxylic acids is 3. The average Bonchev–Trinajstić information content (AvgIpc) is 2.82. The number of carboxylic acid groups (broad SMARTS) is 1. The summed E-state index contributed by atoms with van der Waals surface area (Å²) in [5.74, 6) is -2.09. The lowest BCUT2D eigenvalue weighted by Gasteiger charge is -2.16. The lowest BCUT2D eigenvalue weighted by atomic mass is 10.0. The van der Waals surface area contributed by atoms with Crippen LogP contribution < -0.4 is 22.1 Å². The van der Waals surface area contributed by atoms with Gasteiger partial charge in [-0.25, -0.2) is 4.79 Å². The summed E-state index contributed by atoms with van der Waals surface area (Å²) in [6, 6.07) is 1.78. The van der Waals surface area contributed by atoms with Gasteiger partial charge in [0.15, 0.2) is 5.78 Å². The Morgan fingerprint density at radius 1 is 0.917 bits per heavy atom. The molecule has 0 fully saturated rings. The number of rotatable bonds is 7. The summed E-state index contributed by atoms with van der Waals surface area (Å²) in [5, 5.41) is 24.1. The quantitative estimate of drug-likeness (QED) is 0.105. The number of nitrogens with one attached hydrogen (secondary N) is 2. The molecule has 0 radical (unpaired) electrons. The molecule has 0 unspecified atom stereocenters. The van der Waals surface area contributed by atoms with Crippen LogP contribution in [0, 0.1) is 21.4 Å². The highest BCUT2D eigenvalue weighted by molar-refractivity contribution is 14.1. The second kappa shape index (κ2) is 18.1. The number of aliphatic hydroxyl groups is 1. The van der Waals surface area contributed by atoms with Crippen molar-refractivity contribution in [2.24, 2.45) is 5.73 Å². The first-order valence-corrected chi connectivity index (χ1v) is 15.8. The SMILES string of the molecule is CN.CNC=O.Nc1c(I)cc(I)c(C(=O)NCC(=O)c2c(I)c(CO)c(I)c(C(=O)O)c2I)c1I. The molecular weight excluding hydrogens is 1150 g/mol. The van der Waals surface area contributed by atoms with Crippen molar-refractivity contribution in [3.8, 4) is 0 Å². The summed E-state index contributed by atoms with van der Waals surface area (Å²) in [5.41, 5.74) is 11.9. The molecule has 2 aromatic carbocycles. The highest BCUT2D eigenvalue weighted by atomic mass is 127. The van der Waals surface area contributed by atoms with Crippen LogP contribution in [0.25, 0.3) is 0 Å². The van der Waals surface area contributed by atoms with Crippen molar-refractivity contribution in [1.29, 1.82) is 0 Å². The lowest BCUT2D eigenvalue weighted by Crippen LogP contribution is -2.32. The summed E-state index contributed by atoms with van der Waals surface area (Å²) in [4.78, 5) is 46.4. The van der Waals surface area contributed by atoms with Gasteiger partial charge in [-0.1, -0.05) is 0 Å². The number of nitrogens with two attached hydrogens (primary N) is 2. The van der Waals surface area contributed by atoms with Gasteiger partial charge in [-0.15, -0.1) is 0 Å². The average molecular weight is 1170 g/mol. The number of halogens is 6. The number of benzene rings is 2. The molecule has 16 heteroatoms. The Kier molecular flexibility index (Phi) is 18.4. The molecule has 0 bridgehead atoms. The number of ketones is 1. The third kappa shape index (κ3) is 9.37. The maximum Gasteiger partial charge on any atom is 0.337 e. The fraction of sp³-hybridized carbons (Fsp3) is 0.200. The summed E-state index contributed by atoms with van der Waals surface area (Å²) in [6.07, 6.45) is 0.625. The smallest absolute Gasteiger partial charge is 0.337 e. The number of carboxylic acids is 1. The first-order valence-electron chi connectivity index (χ1n) is 9.31. The molecule has 0 aliphatic rings. The van der Waals surface area contributed by atoms with Crippen LogP contribution in [-0.4, -0.2) is 54.9 Å². The Morgan fingerprint density at radius 3 is 1.86 bits per heavy atom. The number of carbonyl (C=O) groups is 4. The second-order valence-electron chi connectivity index (χ2n) is 6.09. The van der Waals surface area contributed by atoms with E-state index in [2.05, 4.69) is 39.0 Å². The highest BCUT2D eigenvalue weighted by Gasteiger charge is 2.27. The number of anilines is 1. The number of aliphatic hydroxyl groups excluding tert-OH is 1. The molecule has 2 aromatic rings. The van der Waals surface area contributed by atoms with Crippen LogP contribution in [0.1, 0.15) is 36.6 Å². The fourth-order valence-corrected chi connectivity index (χ4v) is 10.9. The minimum atomic E-state index is -1.19. The molecule has 0 saturated heterocycles. The Morgan fingerprint density at radius 2 is 1.42 bits per heavy atom. The van der Waals surface area contributed by atoms with Gasteiger partial charge in [0.1, 0.15) is 0 Å². The molecule has 0 heterocycles. The number of amides is 2. The Balaban J connectivity index is 0.00000185. The summed E-state index contributed by atoms with van der Waals surface area (Å²) in [7, 11) is 3.06. The fourth-order valence-electron chi connectivity index (χ4n) is 2.44. The van der Waals surface area contributed by atoms with Gasteiger partial charge < -0.3 is 32.3 Å². The van der Waals surface area contributed by atoms with Crippen LogP contribution in [0.15, 0.2) is 6.07 Å². The predicted octanol–water partition coefficient (Wildman–Crippen LogP) is 3.64. The molecule has 2 rings (SSSR count). The van der Waals surface area contributed by atoms with Gasteiger partial charge in [-0.05, 0) is 149 Å². The van der Waals surface area contributed by atoms with E-state index in [4.69, 9.17) is 10.5 Å². The predicted molar refractivity (Wildman–Crippen MR) is 188 cm³/mol. The molecule has 0 saturated carbocycles. The molecule has 0 atom stereocenters. The Hall–Kier alpha value is 0.620. The topological polar surface area (TPSA) is 185 Å². The number of hydrogen-bond acceptors (Lipinski definition) is 7. The normalized spacial score (nSPS) is 9.72. The zero-order valence-electron chi connectivity index (χ0n) is 18.5. The van der Waals surface area contributed by atoms with Crippen LogP contribution in [0.4, 0.5) is 5.69 Å². The van der Waals surface area contributed by atoms with Gasteiger partial charge >= 0.3 is 5.97 Å². The van der Waals surface area contributed by atoms with Gasteiger partial charge in [0.25, 0.3) is 5.91 Å². The van der Waals surface area contributed by atoms with Crippen LogP contribution >= 0.6 is 136 Å². The largest absolute Gasteiger partial charge is 0.478 e. The van der Waals surface area contributed by atoms with E-state index in [9.17, 15) is 24.6 Å². The van der Waals surface area contributed by atoms with Crippen molar-refractivity contribution < 1.29 is 29.4 Å². The van der Waals surface area contributed by atoms with Crippen LogP contribution in [0.2, 0.25) is 0 Å². The van der Waals surface area contributed by atoms with Crippen LogP contribution in [0.5, 0.6) is 0 Å². The van der Waals surface area contributed by atoms with Crippen molar-refractivity contribution in [1.82, 2.24) is 10.6 Å². The van der Waals surface area contributed by atoms with Crippen LogP contribution in [-0.2, 0) is 11.4 Å². The molecule has 2 amide bonds. The molecule has 10 nitrogen and oxygen atoms in total. The van der Waals surface area contributed by atoms with Gasteiger partial charge in [-0.2, -0.15) is 0 Å². The maximum absolute atomic E-state index is 12.9. The van der Waals surface area contributed by atoms with E-state index in [0.29, 0.717) is 37.5 Å². The molecule has 198 valence electrons. The molecule has 0 spiro atoms. The molecule has 36 heavy (non-hydrogen) atoms. The van der Waals surface area contributed by atoms with E-state index in [1.54, 1.807) is 13.1 Å². The van der Waals surface area contributed by atoms with Crippen molar-refractivity contribution in [2.75, 3.05) is 26.4 Å². The van der Waals surface area contributed by atoms with E-state index >= 15 is 0 Å². The van der Waals surface area contributed by atoms with Crippen molar-refractivity contribution in [2.45, 2.75) is 6.61 Å².